The van der Waals surface area contributed by atoms with Crippen LogP contribution in [0.15, 0.2) is 41.4 Å². The van der Waals surface area contributed by atoms with Crippen LogP contribution in [0, 0.1) is 5.82 Å². The number of ether oxygens (including phenoxy) is 1. The van der Waals surface area contributed by atoms with Gasteiger partial charge in [-0.25, -0.2) is 17.6 Å². The molecule has 1 aliphatic rings. The van der Waals surface area contributed by atoms with Gasteiger partial charge in [-0.3, -0.25) is 4.79 Å². The average Bonchev–Trinajstić information content (AvgIpc) is 3.35. The van der Waals surface area contributed by atoms with Crippen LogP contribution in [0.2, 0.25) is 0 Å². The summed E-state index contributed by atoms with van der Waals surface area (Å²) in [5.74, 6) is -1.40. The Labute approximate surface area is 174 Å². The van der Waals surface area contributed by atoms with E-state index in [1.165, 1.54) is 29.0 Å². The molecule has 0 saturated carbocycles. The number of amides is 1. The molecule has 1 aromatic heterocycles. The van der Waals surface area contributed by atoms with E-state index in [4.69, 9.17) is 4.74 Å². The Balaban J connectivity index is 1.75. The van der Waals surface area contributed by atoms with Crippen LogP contribution in [0.5, 0.6) is 0 Å². The van der Waals surface area contributed by atoms with Crippen LogP contribution in [0.3, 0.4) is 0 Å². The Morgan fingerprint density at radius 3 is 2.63 bits per heavy atom. The van der Waals surface area contributed by atoms with E-state index < -0.39 is 27.9 Å². The molecule has 30 heavy (non-hydrogen) atoms. The molecule has 162 valence electrons. The predicted molar refractivity (Wildman–Crippen MR) is 107 cm³/mol. The Bertz CT molecular complexity index is 1030. The van der Waals surface area contributed by atoms with Crippen LogP contribution < -0.4 is 5.32 Å². The molecule has 1 aromatic carbocycles. The lowest BCUT2D eigenvalue weighted by atomic mass is 10.2. The third-order valence-corrected chi connectivity index (χ3v) is 6.83. The molecule has 0 spiro atoms. The van der Waals surface area contributed by atoms with Crippen molar-refractivity contribution in [3.8, 4) is 0 Å². The molecule has 1 saturated heterocycles. The van der Waals surface area contributed by atoms with E-state index in [9.17, 15) is 22.4 Å². The van der Waals surface area contributed by atoms with E-state index in [-0.39, 0.29) is 36.1 Å². The number of rotatable bonds is 7. The minimum absolute atomic E-state index is 0.0636. The fourth-order valence-electron chi connectivity index (χ4n) is 3.42. The van der Waals surface area contributed by atoms with Gasteiger partial charge in [-0.1, -0.05) is 12.1 Å². The molecule has 3 rings (SSSR count). The van der Waals surface area contributed by atoms with Crippen molar-refractivity contribution in [1.29, 1.82) is 0 Å². The minimum Gasteiger partial charge on any atom is -0.461 e. The first-order valence-corrected chi connectivity index (χ1v) is 11.1. The summed E-state index contributed by atoms with van der Waals surface area (Å²) in [6, 6.07) is 6.12. The summed E-state index contributed by atoms with van der Waals surface area (Å²) in [6.45, 7) is 2.22. The maximum absolute atomic E-state index is 13.1. The topological polar surface area (TPSA) is 97.7 Å². The second kappa shape index (κ2) is 8.97. The molecule has 8 nitrogen and oxygen atoms in total. The molecule has 10 heteroatoms. The van der Waals surface area contributed by atoms with Crippen LogP contribution in [0.4, 0.5) is 4.39 Å². The van der Waals surface area contributed by atoms with Crippen molar-refractivity contribution in [2.45, 2.75) is 37.2 Å². The number of esters is 1. The lowest BCUT2D eigenvalue weighted by Gasteiger charge is -2.23. The fourth-order valence-corrected chi connectivity index (χ4v) is 5.15. The number of carbonyl (C=O) groups is 2. The van der Waals surface area contributed by atoms with E-state index in [0.717, 1.165) is 4.31 Å². The zero-order valence-corrected chi connectivity index (χ0v) is 17.6. The summed E-state index contributed by atoms with van der Waals surface area (Å²) >= 11 is 0. The highest BCUT2D eigenvalue weighted by molar-refractivity contribution is 7.89. The quantitative estimate of drug-likeness (QED) is 0.667. The first-order chi connectivity index (χ1) is 14.2. The number of hydrogen-bond acceptors (Lipinski definition) is 5. The van der Waals surface area contributed by atoms with Crippen LogP contribution in [0.1, 0.15) is 35.8 Å². The summed E-state index contributed by atoms with van der Waals surface area (Å²) in [5, 5.41) is 2.72. The molecule has 1 fully saturated rings. The number of sulfonamides is 1. The van der Waals surface area contributed by atoms with E-state index in [0.29, 0.717) is 18.4 Å². The molecule has 0 unspecified atom stereocenters. The summed E-state index contributed by atoms with van der Waals surface area (Å²) in [4.78, 5) is 24.6. The highest BCUT2D eigenvalue weighted by Crippen LogP contribution is 2.27. The highest BCUT2D eigenvalue weighted by atomic mass is 32.2. The van der Waals surface area contributed by atoms with Gasteiger partial charge in [0.05, 0.1) is 6.61 Å². The maximum atomic E-state index is 13.1. The average molecular weight is 437 g/mol. The molecular formula is C20H24FN3O5S. The van der Waals surface area contributed by atoms with Gasteiger partial charge in [0.25, 0.3) is 0 Å². The molecule has 0 bridgehead atoms. The van der Waals surface area contributed by atoms with Gasteiger partial charge in [0, 0.05) is 26.3 Å². The fraction of sp³-hybridized carbons (Fsp3) is 0.400. The van der Waals surface area contributed by atoms with Gasteiger partial charge >= 0.3 is 5.97 Å². The number of hydrogen-bond donors (Lipinski definition) is 1. The van der Waals surface area contributed by atoms with Crippen molar-refractivity contribution < 1.29 is 27.1 Å². The molecule has 2 heterocycles. The number of nitrogens with zero attached hydrogens (tertiary/aromatic N) is 2. The normalized spacial score (nSPS) is 17.1. The third kappa shape index (κ3) is 4.54. The maximum Gasteiger partial charge on any atom is 0.354 e. The smallest absolute Gasteiger partial charge is 0.354 e. The highest BCUT2D eigenvalue weighted by Gasteiger charge is 2.40. The zero-order valence-electron chi connectivity index (χ0n) is 16.8. The lowest BCUT2D eigenvalue weighted by Crippen LogP contribution is -2.45. The first kappa shape index (κ1) is 22.0. The number of halogens is 1. The molecule has 1 amide bonds. The third-order valence-electron chi connectivity index (χ3n) is 4.96. The summed E-state index contributed by atoms with van der Waals surface area (Å²) in [5.41, 5.74) is 0.825. The lowest BCUT2D eigenvalue weighted by molar-refractivity contribution is -0.124. The molecule has 1 N–H and O–H groups in total. The minimum atomic E-state index is -3.98. The largest absolute Gasteiger partial charge is 0.461 e. The first-order valence-electron chi connectivity index (χ1n) is 9.61. The van der Waals surface area contributed by atoms with Gasteiger partial charge < -0.3 is 14.6 Å². The Kier molecular flexibility index (Phi) is 6.57. The van der Waals surface area contributed by atoms with Crippen LogP contribution in [-0.2, 0) is 33.1 Å². The number of nitrogens with one attached hydrogen (secondary N) is 1. The molecule has 1 atom stereocenters. The van der Waals surface area contributed by atoms with Crippen molar-refractivity contribution in [2.24, 2.45) is 7.05 Å². The van der Waals surface area contributed by atoms with Crippen molar-refractivity contribution >= 4 is 21.9 Å². The zero-order chi connectivity index (χ0) is 21.9. The number of benzene rings is 1. The second-order valence-corrected chi connectivity index (χ2v) is 8.90. The number of aryl methyl sites for hydroxylation is 1. The Morgan fingerprint density at radius 2 is 1.97 bits per heavy atom. The Hall–Kier alpha value is -2.72. The Morgan fingerprint density at radius 1 is 1.27 bits per heavy atom. The van der Waals surface area contributed by atoms with E-state index in [1.54, 1.807) is 26.1 Å². The van der Waals surface area contributed by atoms with Crippen molar-refractivity contribution in [3.05, 3.63) is 53.6 Å². The van der Waals surface area contributed by atoms with E-state index in [2.05, 4.69) is 5.32 Å². The molecule has 0 aliphatic carbocycles. The number of aromatic nitrogens is 1. The van der Waals surface area contributed by atoms with Crippen molar-refractivity contribution in [2.75, 3.05) is 13.2 Å². The van der Waals surface area contributed by atoms with Crippen LogP contribution in [-0.4, -0.2) is 48.4 Å². The van der Waals surface area contributed by atoms with Crippen molar-refractivity contribution in [1.82, 2.24) is 14.2 Å². The second-order valence-electron chi connectivity index (χ2n) is 7.01. The predicted octanol–water partition coefficient (Wildman–Crippen LogP) is 1.81. The molecular weight excluding hydrogens is 413 g/mol. The van der Waals surface area contributed by atoms with Crippen LogP contribution >= 0.6 is 0 Å². The van der Waals surface area contributed by atoms with Gasteiger partial charge in [0.2, 0.25) is 15.9 Å². The van der Waals surface area contributed by atoms with Crippen molar-refractivity contribution in [3.63, 3.8) is 0 Å². The van der Waals surface area contributed by atoms with E-state index >= 15 is 0 Å². The van der Waals surface area contributed by atoms with E-state index in [1.807, 2.05) is 0 Å². The standard InChI is InChI=1S/C20H24FN3O5S/c1-3-29-20(26)18-11-16(13-23(18)2)30(27,28)24-10-4-5-17(24)19(25)22-12-14-6-8-15(21)9-7-14/h6-9,11,13,17H,3-5,10,12H2,1-2H3,(H,22,25)/t17-/m0/s1. The summed E-state index contributed by atoms with van der Waals surface area (Å²) < 4.78 is 46.8. The SMILES string of the molecule is CCOC(=O)c1cc(S(=O)(=O)N2CCC[C@H]2C(=O)NCc2ccc(F)cc2)cn1C. The van der Waals surface area contributed by atoms with Gasteiger partial charge in [-0.05, 0) is 43.5 Å². The molecule has 0 radical (unpaired) electrons. The van der Waals surface area contributed by atoms with Crippen LogP contribution in [0.25, 0.3) is 0 Å². The van der Waals surface area contributed by atoms with Gasteiger partial charge in [0.1, 0.15) is 22.4 Å². The number of carbonyl (C=O) groups excluding carboxylic acids is 2. The van der Waals surface area contributed by atoms with Gasteiger partial charge in [0.15, 0.2) is 0 Å². The monoisotopic (exact) mass is 437 g/mol. The summed E-state index contributed by atoms with van der Waals surface area (Å²) in [7, 11) is -2.42. The van der Waals surface area contributed by atoms with Gasteiger partial charge in [-0.15, -0.1) is 0 Å². The molecule has 1 aliphatic heterocycles. The summed E-state index contributed by atoms with van der Waals surface area (Å²) in [6.07, 6.45) is 2.28. The molecule has 2 aromatic rings. The van der Waals surface area contributed by atoms with Gasteiger partial charge in [-0.2, -0.15) is 4.31 Å².